The molecule has 2 rings (SSSR count). The van der Waals surface area contributed by atoms with Gasteiger partial charge in [0.05, 0.1) is 23.1 Å². The zero-order valence-electron chi connectivity index (χ0n) is 11.3. The lowest BCUT2D eigenvalue weighted by atomic mass is 10.3. The lowest BCUT2D eigenvalue weighted by Crippen LogP contribution is -2.27. The lowest BCUT2D eigenvalue weighted by molar-refractivity contribution is 0.459. The molecular weight excluding hydrogens is 320 g/mol. The minimum Gasteiger partial charge on any atom is -0.281 e. The van der Waals surface area contributed by atoms with Gasteiger partial charge >= 0.3 is 0 Å². The molecule has 0 saturated carbocycles. The second kappa shape index (κ2) is 5.80. The Bertz CT molecular complexity index is 708. The first kappa shape index (κ1) is 15.4. The monoisotopic (exact) mass is 334 g/mol. The highest BCUT2D eigenvalue weighted by Gasteiger charge is 2.28. The van der Waals surface area contributed by atoms with E-state index < -0.39 is 10.0 Å². The van der Waals surface area contributed by atoms with Gasteiger partial charge < -0.3 is 0 Å². The molecule has 0 amide bonds. The van der Waals surface area contributed by atoms with E-state index >= 15 is 0 Å². The van der Waals surface area contributed by atoms with Crippen LogP contribution in [0.15, 0.2) is 10.4 Å². The van der Waals surface area contributed by atoms with E-state index in [1.54, 1.807) is 6.92 Å². The van der Waals surface area contributed by atoms with Crippen LogP contribution in [0.2, 0.25) is 0 Å². The molecule has 0 bridgehead atoms. The molecule has 2 aromatic heterocycles. The van der Waals surface area contributed by atoms with Crippen LogP contribution >= 0.6 is 22.9 Å². The van der Waals surface area contributed by atoms with E-state index in [1.165, 1.54) is 22.7 Å². The Morgan fingerprint density at radius 2 is 2.15 bits per heavy atom. The Morgan fingerprint density at radius 3 is 2.70 bits per heavy atom. The van der Waals surface area contributed by atoms with E-state index in [9.17, 15) is 8.42 Å². The highest BCUT2D eigenvalue weighted by Crippen LogP contribution is 2.22. The number of rotatable bonds is 5. The van der Waals surface area contributed by atoms with Crippen molar-refractivity contribution in [2.24, 2.45) is 0 Å². The van der Waals surface area contributed by atoms with Crippen molar-refractivity contribution in [3.8, 4) is 0 Å². The molecule has 0 aliphatic rings. The summed E-state index contributed by atoms with van der Waals surface area (Å²) >= 11 is 7.29. The van der Waals surface area contributed by atoms with Crippen molar-refractivity contribution in [3.63, 3.8) is 0 Å². The van der Waals surface area contributed by atoms with E-state index in [-0.39, 0.29) is 17.5 Å². The molecule has 0 aliphatic heterocycles. The molecule has 9 heteroatoms. The topological polar surface area (TPSA) is 79.0 Å². The Morgan fingerprint density at radius 1 is 1.45 bits per heavy atom. The average molecular weight is 335 g/mol. The van der Waals surface area contributed by atoms with Crippen LogP contribution in [-0.4, -0.2) is 35.0 Å². The molecule has 0 atom stereocenters. The molecule has 6 nitrogen and oxygen atoms in total. The highest BCUT2D eigenvalue weighted by atomic mass is 35.5. The molecule has 0 radical (unpaired) electrons. The van der Waals surface area contributed by atoms with Crippen molar-refractivity contribution in [1.82, 2.24) is 19.5 Å². The smallest absolute Gasteiger partial charge is 0.262 e. The summed E-state index contributed by atoms with van der Waals surface area (Å²) in [7, 11) is -2.17. The Balaban J connectivity index is 2.29. The molecule has 0 spiro atoms. The van der Waals surface area contributed by atoms with Gasteiger partial charge in [-0.15, -0.1) is 22.9 Å². The van der Waals surface area contributed by atoms with E-state index in [2.05, 4.69) is 15.2 Å². The average Bonchev–Trinajstić information content (AvgIpc) is 2.95. The predicted molar refractivity (Wildman–Crippen MR) is 78.4 cm³/mol. The lowest BCUT2D eigenvalue weighted by Gasteiger charge is -2.15. The summed E-state index contributed by atoms with van der Waals surface area (Å²) in [6.45, 7) is 3.83. The normalized spacial score (nSPS) is 12.2. The van der Waals surface area contributed by atoms with Crippen molar-refractivity contribution in [2.45, 2.75) is 31.3 Å². The molecular formula is C11H15ClN4O2S2. The summed E-state index contributed by atoms with van der Waals surface area (Å²) in [5.41, 5.74) is 1.89. The van der Waals surface area contributed by atoms with E-state index in [4.69, 9.17) is 11.6 Å². The van der Waals surface area contributed by atoms with E-state index in [0.717, 1.165) is 10.7 Å². The van der Waals surface area contributed by atoms with Crippen LogP contribution in [-0.2, 0) is 22.4 Å². The van der Waals surface area contributed by atoms with Gasteiger partial charge in [0.15, 0.2) is 5.03 Å². The van der Waals surface area contributed by atoms with Crippen LogP contribution in [0.1, 0.15) is 22.0 Å². The summed E-state index contributed by atoms with van der Waals surface area (Å²) in [6.07, 6.45) is 0. The van der Waals surface area contributed by atoms with Crippen molar-refractivity contribution in [2.75, 3.05) is 7.05 Å². The van der Waals surface area contributed by atoms with Gasteiger partial charge in [-0.25, -0.2) is 13.4 Å². The van der Waals surface area contributed by atoms with Crippen molar-refractivity contribution < 1.29 is 8.42 Å². The Labute approximate surface area is 126 Å². The molecule has 20 heavy (non-hydrogen) atoms. The highest BCUT2D eigenvalue weighted by molar-refractivity contribution is 7.89. The largest absolute Gasteiger partial charge is 0.281 e. The number of hydrogen-bond acceptors (Lipinski definition) is 5. The number of aromatic nitrogens is 3. The molecule has 0 unspecified atom stereocenters. The predicted octanol–water partition coefficient (Wildman–Crippen LogP) is 2.04. The number of nitrogens with one attached hydrogen (secondary N) is 1. The third-order valence-corrected chi connectivity index (χ3v) is 5.74. The SMILES string of the molecule is Cc1nc(CN(C)S(=O)(=O)c2n[nH]c(C)c2CCl)cs1. The van der Waals surface area contributed by atoms with Crippen LogP contribution in [0, 0.1) is 13.8 Å². The van der Waals surface area contributed by atoms with Crippen LogP contribution in [0.5, 0.6) is 0 Å². The number of aryl methyl sites for hydroxylation is 2. The van der Waals surface area contributed by atoms with Gasteiger partial charge in [-0.1, -0.05) is 0 Å². The van der Waals surface area contributed by atoms with Gasteiger partial charge in [-0.3, -0.25) is 5.10 Å². The first-order valence-electron chi connectivity index (χ1n) is 5.83. The fourth-order valence-electron chi connectivity index (χ4n) is 1.74. The maximum Gasteiger partial charge on any atom is 0.262 e. The van der Waals surface area contributed by atoms with Crippen LogP contribution in [0.3, 0.4) is 0 Å². The fourth-order valence-corrected chi connectivity index (χ4v) is 4.05. The number of H-pyrrole nitrogens is 1. The van der Waals surface area contributed by atoms with Crippen molar-refractivity contribution in [3.05, 3.63) is 27.3 Å². The van der Waals surface area contributed by atoms with Crippen molar-refractivity contribution in [1.29, 1.82) is 0 Å². The molecule has 0 fully saturated rings. The first-order valence-corrected chi connectivity index (χ1v) is 8.69. The van der Waals surface area contributed by atoms with Gasteiger partial charge in [-0.05, 0) is 13.8 Å². The third kappa shape index (κ3) is 2.88. The third-order valence-electron chi connectivity index (χ3n) is 2.88. The summed E-state index contributed by atoms with van der Waals surface area (Å²) in [5.74, 6) is 0.0978. The number of nitrogens with zero attached hydrogens (tertiary/aromatic N) is 3. The van der Waals surface area contributed by atoms with Crippen LogP contribution in [0.25, 0.3) is 0 Å². The van der Waals surface area contributed by atoms with E-state index in [1.807, 2.05) is 12.3 Å². The number of thiazole rings is 1. The molecule has 0 aliphatic carbocycles. The fraction of sp³-hybridized carbons (Fsp3) is 0.455. The zero-order valence-corrected chi connectivity index (χ0v) is 13.7. The molecule has 2 aromatic rings. The number of hydrogen-bond donors (Lipinski definition) is 1. The van der Waals surface area contributed by atoms with Gasteiger partial charge in [0.1, 0.15) is 0 Å². The number of aromatic amines is 1. The zero-order chi connectivity index (χ0) is 14.9. The summed E-state index contributed by atoms with van der Waals surface area (Å²) in [5, 5.41) is 9.27. The van der Waals surface area contributed by atoms with E-state index in [0.29, 0.717) is 11.3 Å². The Hall–Kier alpha value is -0.960. The quantitative estimate of drug-likeness (QED) is 0.849. The van der Waals surface area contributed by atoms with Gasteiger partial charge in [0.25, 0.3) is 10.0 Å². The Kier molecular flexibility index (Phi) is 4.48. The van der Waals surface area contributed by atoms with Gasteiger partial charge in [0, 0.05) is 23.7 Å². The molecule has 110 valence electrons. The summed E-state index contributed by atoms with van der Waals surface area (Å²) < 4.78 is 26.2. The summed E-state index contributed by atoms with van der Waals surface area (Å²) in [4.78, 5) is 4.26. The first-order chi connectivity index (χ1) is 9.36. The minimum atomic E-state index is -3.68. The molecule has 1 N–H and O–H groups in total. The second-order valence-corrected chi connectivity index (χ2v) is 7.67. The molecule has 0 aromatic carbocycles. The van der Waals surface area contributed by atoms with Gasteiger partial charge in [0.2, 0.25) is 0 Å². The maximum atomic E-state index is 12.5. The number of sulfonamides is 1. The van der Waals surface area contributed by atoms with Gasteiger partial charge in [-0.2, -0.15) is 9.40 Å². The van der Waals surface area contributed by atoms with Crippen LogP contribution < -0.4 is 0 Å². The number of alkyl halides is 1. The minimum absolute atomic E-state index is 0.0144. The molecule has 0 saturated heterocycles. The molecule has 2 heterocycles. The standard InChI is InChI=1S/C11H15ClN4O2S2/c1-7-10(4-12)11(15-14-7)20(17,18)16(3)5-9-6-19-8(2)13-9/h6H,4-5H2,1-3H3,(H,14,15). The maximum absolute atomic E-state index is 12.5. The van der Waals surface area contributed by atoms with Crippen LogP contribution in [0.4, 0.5) is 0 Å². The second-order valence-electron chi connectivity index (χ2n) is 4.38. The van der Waals surface area contributed by atoms with Crippen molar-refractivity contribution >= 4 is 33.0 Å². The summed E-state index contributed by atoms with van der Waals surface area (Å²) in [6, 6.07) is 0. The number of halogens is 1.